The molecule has 1 heterocycles. The number of nitrogens with one attached hydrogen (secondary N) is 1. The monoisotopic (exact) mass is 261 g/mol. The van der Waals surface area contributed by atoms with Crippen molar-refractivity contribution in [3.05, 3.63) is 11.9 Å². The number of hydrogen-bond donors (Lipinski definition) is 1. The Hall–Kier alpha value is -1.83. The highest BCUT2D eigenvalue weighted by molar-refractivity contribution is 5.49. The second kappa shape index (κ2) is 5.87. The van der Waals surface area contributed by atoms with Gasteiger partial charge in [-0.1, -0.05) is 20.8 Å². The lowest BCUT2D eigenvalue weighted by atomic mass is 9.96. The minimum absolute atomic E-state index is 0.0314. The Balaban J connectivity index is 3.10. The summed E-state index contributed by atoms with van der Waals surface area (Å²) in [5, 5.41) is 12.0. The van der Waals surface area contributed by atoms with Crippen LogP contribution in [0.5, 0.6) is 0 Å². The molecule has 0 spiro atoms. The van der Waals surface area contributed by atoms with Crippen LogP contribution in [-0.4, -0.2) is 30.6 Å². The van der Waals surface area contributed by atoms with Gasteiger partial charge in [0, 0.05) is 32.1 Å². The van der Waals surface area contributed by atoms with Gasteiger partial charge in [-0.15, -0.1) is 0 Å². The van der Waals surface area contributed by atoms with Crippen molar-refractivity contribution in [2.75, 3.05) is 30.9 Å². The third-order valence-electron chi connectivity index (χ3n) is 2.80. The first kappa shape index (κ1) is 15.2. The van der Waals surface area contributed by atoms with E-state index in [9.17, 15) is 0 Å². The Morgan fingerprint density at radius 2 is 2.05 bits per heavy atom. The molecule has 5 nitrogen and oxygen atoms in total. The van der Waals surface area contributed by atoms with Gasteiger partial charge < -0.3 is 10.2 Å². The molecule has 1 unspecified atom stereocenters. The molecule has 0 bridgehead atoms. The Labute approximate surface area is 115 Å². The molecule has 0 radical (unpaired) electrons. The van der Waals surface area contributed by atoms with Crippen LogP contribution >= 0.6 is 0 Å². The topological polar surface area (TPSA) is 64.8 Å². The Bertz CT molecular complexity index is 470. The molecule has 0 saturated carbocycles. The van der Waals surface area contributed by atoms with Crippen LogP contribution in [0.15, 0.2) is 6.07 Å². The van der Waals surface area contributed by atoms with Crippen molar-refractivity contribution >= 4 is 11.6 Å². The van der Waals surface area contributed by atoms with E-state index in [2.05, 4.69) is 42.1 Å². The third kappa shape index (κ3) is 4.09. The van der Waals surface area contributed by atoms with Crippen molar-refractivity contribution in [1.29, 1.82) is 5.26 Å². The summed E-state index contributed by atoms with van der Waals surface area (Å²) >= 11 is 0. The van der Waals surface area contributed by atoms with Gasteiger partial charge in [-0.2, -0.15) is 5.26 Å². The minimum Gasteiger partial charge on any atom is -0.373 e. The van der Waals surface area contributed by atoms with E-state index in [4.69, 9.17) is 5.26 Å². The van der Waals surface area contributed by atoms with Crippen molar-refractivity contribution in [2.24, 2.45) is 5.92 Å². The summed E-state index contributed by atoms with van der Waals surface area (Å²) in [7, 11) is 3.79. The molecule has 19 heavy (non-hydrogen) atoms. The summed E-state index contributed by atoms with van der Waals surface area (Å²) in [4.78, 5) is 11.1. The van der Waals surface area contributed by atoms with E-state index in [1.165, 1.54) is 0 Å². The van der Waals surface area contributed by atoms with Crippen LogP contribution in [0.4, 0.5) is 11.6 Å². The molecule has 1 aromatic rings. The molecule has 0 amide bonds. The summed E-state index contributed by atoms with van der Waals surface area (Å²) < 4.78 is 0. The van der Waals surface area contributed by atoms with Crippen molar-refractivity contribution in [1.82, 2.24) is 9.97 Å². The molecule has 104 valence electrons. The normalized spacial score (nSPS) is 12.7. The fourth-order valence-corrected chi connectivity index (χ4v) is 1.64. The lowest BCUT2D eigenvalue weighted by Gasteiger charge is -2.23. The zero-order valence-electron chi connectivity index (χ0n) is 12.7. The first-order valence-corrected chi connectivity index (χ1v) is 6.46. The van der Waals surface area contributed by atoms with Crippen LogP contribution in [0, 0.1) is 17.2 Å². The molecule has 0 aromatic carbocycles. The average molecular weight is 261 g/mol. The number of nitriles is 1. The number of nitrogens with zero attached hydrogens (tertiary/aromatic N) is 4. The molecular weight excluding hydrogens is 238 g/mol. The number of anilines is 2. The van der Waals surface area contributed by atoms with Gasteiger partial charge >= 0.3 is 0 Å². The van der Waals surface area contributed by atoms with Crippen LogP contribution in [0.3, 0.4) is 0 Å². The average Bonchev–Trinajstić information content (AvgIpc) is 2.36. The van der Waals surface area contributed by atoms with Crippen LogP contribution in [0.25, 0.3) is 0 Å². The zero-order valence-corrected chi connectivity index (χ0v) is 12.7. The Morgan fingerprint density at radius 1 is 1.42 bits per heavy atom. The van der Waals surface area contributed by atoms with Gasteiger partial charge in [-0.3, -0.25) is 0 Å². The smallest absolute Gasteiger partial charge is 0.138 e. The maximum Gasteiger partial charge on any atom is 0.138 e. The fourth-order valence-electron chi connectivity index (χ4n) is 1.64. The number of hydrogen-bond acceptors (Lipinski definition) is 5. The first-order valence-electron chi connectivity index (χ1n) is 6.46. The SMILES string of the molecule is CNc1cc(N(C)CC(C)C#N)nc(C(C)(C)C)n1. The second-order valence-electron chi connectivity index (χ2n) is 5.85. The third-order valence-corrected chi connectivity index (χ3v) is 2.80. The van der Waals surface area contributed by atoms with Crippen molar-refractivity contribution < 1.29 is 0 Å². The summed E-state index contributed by atoms with van der Waals surface area (Å²) in [6.45, 7) is 8.82. The molecule has 0 saturated heterocycles. The van der Waals surface area contributed by atoms with E-state index in [1.54, 1.807) is 0 Å². The lowest BCUT2D eigenvalue weighted by Crippen LogP contribution is -2.26. The van der Waals surface area contributed by atoms with Crippen LogP contribution in [0.2, 0.25) is 0 Å². The van der Waals surface area contributed by atoms with E-state index in [-0.39, 0.29) is 11.3 Å². The maximum absolute atomic E-state index is 8.89. The highest BCUT2D eigenvalue weighted by atomic mass is 15.2. The van der Waals surface area contributed by atoms with Gasteiger partial charge in [0.2, 0.25) is 0 Å². The van der Waals surface area contributed by atoms with E-state index in [1.807, 2.05) is 32.0 Å². The maximum atomic E-state index is 8.89. The van der Waals surface area contributed by atoms with Gasteiger partial charge in [-0.25, -0.2) is 9.97 Å². The van der Waals surface area contributed by atoms with Gasteiger partial charge in [-0.05, 0) is 6.92 Å². The fraction of sp³-hybridized carbons (Fsp3) is 0.643. The zero-order chi connectivity index (χ0) is 14.6. The van der Waals surface area contributed by atoms with E-state index in [0.29, 0.717) is 6.54 Å². The lowest BCUT2D eigenvalue weighted by molar-refractivity contribution is 0.544. The summed E-state index contributed by atoms with van der Waals surface area (Å²) in [5.41, 5.74) is -0.108. The minimum atomic E-state index is -0.108. The molecule has 0 fully saturated rings. The van der Waals surface area contributed by atoms with Crippen LogP contribution in [0.1, 0.15) is 33.5 Å². The summed E-state index contributed by atoms with van der Waals surface area (Å²) in [6.07, 6.45) is 0. The van der Waals surface area contributed by atoms with Crippen molar-refractivity contribution in [3.8, 4) is 6.07 Å². The summed E-state index contributed by atoms with van der Waals surface area (Å²) in [6, 6.07) is 4.14. The summed E-state index contributed by atoms with van der Waals surface area (Å²) in [5.74, 6) is 2.40. The van der Waals surface area contributed by atoms with Gasteiger partial charge in [0.1, 0.15) is 17.5 Å². The quantitative estimate of drug-likeness (QED) is 0.901. The highest BCUT2D eigenvalue weighted by Gasteiger charge is 2.20. The molecule has 1 N–H and O–H groups in total. The standard InChI is InChI=1S/C14H23N5/c1-10(8-15)9-19(6)12-7-11(16-5)17-13(18-12)14(2,3)4/h7,10H,9H2,1-6H3,(H,16,17,18). The largest absolute Gasteiger partial charge is 0.373 e. The van der Waals surface area contributed by atoms with Crippen molar-refractivity contribution in [2.45, 2.75) is 33.1 Å². The van der Waals surface area contributed by atoms with Crippen LogP contribution < -0.4 is 10.2 Å². The van der Waals surface area contributed by atoms with E-state index < -0.39 is 0 Å². The molecule has 1 rings (SSSR count). The molecule has 0 aliphatic heterocycles. The van der Waals surface area contributed by atoms with Gasteiger partial charge in [0.15, 0.2) is 0 Å². The van der Waals surface area contributed by atoms with Crippen molar-refractivity contribution in [3.63, 3.8) is 0 Å². The number of aromatic nitrogens is 2. The molecule has 5 heteroatoms. The highest BCUT2D eigenvalue weighted by Crippen LogP contribution is 2.23. The van der Waals surface area contributed by atoms with Gasteiger partial charge in [0.05, 0.1) is 12.0 Å². The second-order valence-corrected chi connectivity index (χ2v) is 5.85. The molecule has 0 aliphatic carbocycles. The molecular formula is C14H23N5. The first-order chi connectivity index (χ1) is 8.77. The molecule has 1 aromatic heterocycles. The molecule has 0 aliphatic rings. The van der Waals surface area contributed by atoms with Gasteiger partial charge in [0.25, 0.3) is 0 Å². The Kier molecular flexibility index (Phi) is 4.71. The number of rotatable bonds is 4. The van der Waals surface area contributed by atoms with E-state index in [0.717, 1.165) is 17.5 Å². The predicted molar refractivity (Wildman–Crippen MR) is 78.3 cm³/mol. The van der Waals surface area contributed by atoms with Crippen LogP contribution in [-0.2, 0) is 5.41 Å². The molecule has 1 atom stereocenters. The Morgan fingerprint density at radius 3 is 2.53 bits per heavy atom. The predicted octanol–water partition coefficient (Wildman–Crippen LogP) is 2.41. The van der Waals surface area contributed by atoms with E-state index >= 15 is 0 Å².